The van der Waals surface area contributed by atoms with Gasteiger partial charge in [-0.1, -0.05) is 0 Å². The minimum atomic E-state index is 0.333. The molecule has 3 nitrogen and oxygen atoms in total. The van der Waals surface area contributed by atoms with Gasteiger partial charge in [-0.3, -0.25) is 9.80 Å². The summed E-state index contributed by atoms with van der Waals surface area (Å²) in [5, 5.41) is 0. The topological polar surface area (TPSA) is 15.7 Å². The van der Waals surface area contributed by atoms with Crippen LogP contribution in [0.15, 0.2) is 0 Å². The number of rotatable bonds is 2. The Bertz CT molecular complexity index is 241. The van der Waals surface area contributed by atoms with E-state index < -0.39 is 0 Å². The summed E-state index contributed by atoms with van der Waals surface area (Å²) in [4.78, 5) is 5.31. The molecule has 0 amide bonds. The van der Waals surface area contributed by atoms with E-state index in [1.54, 1.807) is 0 Å². The molecular weight excluding hydrogens is 212 g/mol. The van der Waals surface area contributed by atoms with Gasteiger partial charge < -0.3 is 4.74 Å². The van der Waals surface area contributed by atoms with Gasteiger partial charge in [0.1, 0.15) is 0 Å². The Morgan fingerprint density at radius 1 is 1.00 bits per heavy atom. The van der Waals surface area contributed by atoms with Crippen LogP contribution in [0.5, 0.6) is 0 Å². The highest BCUT2D eigenvalue weighted by molar-refractivity contribution is 4.90. The molecule has 0 spiro atoms. The van der Waals surface area contributed by atoms with Gasteiger partial charge in [-0.05, 0) is 40.0 Å². The molecule has 0 aromatic rings. The lowest BCUT2D eigenvalue weighted by Gasteiger charge is -2.37. The summed E-state index contributed by atoms with van der Waals surface area (Å²) in [5.74, 6) is 0. The summed E-state index contributed by atoms with van der Waals surface area (Å²) in [7, 11) is 1.84. The van der Waals surface area contributed by atoms with Crippen molar-refractivity contribution >= 4 is 0 Å². The summed E-state index contributed by atoms with van der Waals surface area (Å²) in [6.07, 6.45) is 4.27. The van der Waals surface area contributed by atoms with E-state index in [1.807, 2.05) is 7.11 Å². The molecule has 0 aliphatic carbocycles. The Hall–Kier alpha value is -0.120. The molecule has 1 atom stereocenters. The first-order valence-electron chi connectivity index (χ1n) is 7.02. The Labute approximate surface area is 106 Å². The van der Waals surface area contributed by atoms with Crippen molar-refractivity contribution in [3.63, 3.8) is 0 Å². The zero-order valence-corrected chi connectivity index (χ0v) is 11.9. The zero-order chi connectivity index (χ0) is 12.5. The number of nitrogens with zero attached hydrogens (tertiary/aromatic N) is 2. The van der Waals surface area contributed by atoms with Crippen molar-refractivity contribution in [2.75, 3.05) is 33.3 Å². The molecule has 17 heavy (non-hydrogen) atoms. The Kier molecular flexibility index (Phi) is 4.11. The predicted molar refractivity (Wildman–Crippen MR) is 71.3 cm³/mol. The van der Waals surface area contributed by atoms with E-state index >= 15 is 0 Å². The highest BCUT2D eigenvalue weighted by Crippen LogP contribution is 2.25. The van der Waals surface area contributed by atoms with Gasteiger partial charge >= 0.3 is 0 Å². The number of likely N-dealkylation sites (tertiary alicyclic amines) is 2. The lowest BCUT2D eigenvalue weighted by atomic mass is 10.0. The van der Waals surface area contributed by atoms with Crippen LogP contribution in [0.4, 0.5) is 0 Å². The number of hydrogen-bond acceptors (Lipinski definition) is 3. The average Bonchev–Trinajstić information content (AvgIpc) is 2.78. The predicted octanol–water partition coefficient (Wildman–Crippen LogP) is 1.97. The van der Waals surface area contributed by atoms with Gasteiger partial charge in [0, 0.05) is 44.9 Å². The van der Waals surface area contributed by atoms with Crippen molar-refractivity contribution in [2.45, 2.75) is 57.7 Å². The summed E-state index contributed by atoms with van der Waals surface area (Å²) < 4.78 is 5.44. The maximum absolute atomic E-state index is 5.44. The number of hydrogen-bond donors (Lipinski definition) is 0. The molecule has 2 rings (SSSR count). The zero-order valence-electron chi connectivity index (χ0n) is 11.9. The lowest BCUT2D eigenvalue weighted by molar-refractivity contribution is 0.0266. The van der Waals surface area contributed by atoms with Crippen molar-refractivity contribution in [3.05, 3.63) is 0 Å². The van der Waals surface area contributed by atoms with E-state index in [1.165, 1.54) is 45.4 Å². The van der Waals surface area contributed by atoms with E-state index in [0.717, 1.165) is 6.04 Å². The van der Waals surface area contributed by atoms with Crippen molar-refractivity contribution in [3.8, 4) is 0 Å². The third kappa shape index (κ3) is 3.21. The molecule has 2 saturated heterocycles. The van der Waals surface area contributed by atoms with Crippen LogP contribution in [0.2, 0.25) is 0 Å². The lowest BCUT2D eigenvalue weighted by Crippen LogP contribution is -2.46. The largest absolute Gasteiger partial charge is 0.381 e. The van der Waals surface area contributed by atoms with Crippen LogP contribution in [0, 0.1) is 0 Å². The van der Waals surface area contributed by atoms with Gasteiger partial charge in [0.05, 0.1) is 6.10 Å². The molecule has 0 aromatic carbocycles. The monoisotopic (exact) mass is 240 g/mol. The molecule has 2 aliphatic heterocycles. The third-order valence-electron chi connectivity index (χ3n) is 4.44. The van der Waals surface area contributed by atoms with Crippen LogP contribution >= 0.6 is 0 Å². The molecule has 2 fully saturated rings. The van der Waals surface area contributed by atoms with Gasteiger partial charge in [-0.2, -0.15) is 0 Å². The summed E-state index contributed by atoms with van der Waals surface area (Å²) in [6.45, 7) is 11.9. The quantitative estimate of drug-likeness (QED) is 0.734. The van der Waals surface area contributed by atoms with Crippen molar-refractivity contribution < 1.29 is 4.74 Å². The van der Waals surface area contributed by atoms with Gasteiger partial charge in [0.15, 0.2) is 0 Å². The molecular formula is C14H28N2O. The fourth-order valence-electron chi connectivity index (χ4n) is 3.13. The van der Waals surface area contributed by atoms with Crippen LogP contribution in [0.25, 0.3) is 0 Å². The SMILES string of the molecule is COC1CCN([C@H]2CCN(C(C)(C)C)C2)CC1. The first-order chi connectivity index (χ1) is 8.00. The molecule has 3 heteroatoms. The smallest absolute Gasteiger partial charge is 0.0595 e. The normalized spacial score (nSPS) is 30.0. The second-order valence-electron chi connectivity index (χ2n) is 6.53. The van der Waals surface area contributed by atoms with E-state index in [4.69, 9.17) is 4.74 Å². The first kappa shape index (κ1) is 13.3. The fourth-order valence-corrected chi connectivity index (χ4v) is 3.13. The minimum Gasteiger partial charge on any atom is -0.381 e. The van der Waals surface area contributed by atoms with Crippen LogP contribution in [-0.4, -0.2) is 60.8 Å². The Balaban J connectivity index is 1.81. The van der Waals surface area contributed by atoms with Gasteiger partial charge in [-0.15, -0.1) is 0 Å². The number of methoxy groups -OCH3 is 1. The standard InChI is InChI=1S/C14H28N2O/c1-14(2,3)16-10-5-12(11-16)15-8-6-13(17-4)7-9-15/h12-13H,5-11H2,1-4H3/t12-/m0/s1. The van der Waals surface area contributed by atoms with Gasteiger partial charge in [0.25, 0.3) is 0 Å². The molecule has 0 N–H and O–H groups in total. The van der Waals surface area contributed by atoms with E-state index in [0.29, 0.717) is 11.6 Å². The van der Waals surface area contributed by atoms with E-state index in [2.05, 4.69) is 30.6 Å². The molecule has 0 aromatic heterocycles. The molecule has 0 saturated carbocycles. The second kappa shape index (κ2) is 5.25. The van der Waals surface area contributed by atoms with Crippen molar-refractivity contribution in [2.24, 2.45) is 0 Å². The maximum atomic E-state index is 5.44. The van der Waals surface area contributed by atoms with E-state index in [-0.39, 0.29) is 0 Å². The van der Waals surface area contributed by atoms with Gasteiger partial charge in [0.2, 0.25) is 0 Å². The second-order valence-corrected chi connectivity index (χ2v) is 6.53. The number of ether oxygens (including phenoxy) is 1. The van der Waals surface area contributed by atoms with E-state index in [9.17, 15) is 0 Å². The molecule has 2 heterocycles. The molecule has 2 aliphatic rings. The Morgan fingerprint density at radius 2 is 1.65 bits per heavy atom. The molecule has 0 bridgehead atoms. The van der Waals surface area contributed by atoms with Crippen LogP contribution in [-0.2, 0) is 4.74 Å². The summed E-state index contributed by atoms with van der Waals surface area (Å²) >= 11 is 0. The molecule has 0 radical (unpaired) electrons. The summed E-state index contributed by atoms with van der Waals surface area (Å²) in [5.41, 5.74) is 0.333. The first-order valence-corrected chi connectivity index (χ1v) is 7.02. The van der Waals surface area contributed by atoms with Crippen LogP contribution in [0.3, 0.4) is 0 Å². The van der Waals surface area contributed by atoms with Crippen LogP contribution in [0.1, 0.15) is 40.0 Å². The minimum absolute atomic E-state index is 0.333. The maximum Gasteiger partial charge on any atom is 0.0595 e. The molecule has 0 unspecified atom stereocenters. The van der Waals surface area contributed by atoms with Crippen molar-refractivity contribution in [1.82, 2.24) is 9.80 Å². The van der Waals surface area contributed by atoms with Gasteiger partial charge in [-0.25, -0.2) is 0 Å². The van der Waals surface area contributed by atoms with Crippen LogP contribution < -0.4 is 0 Å². The third-order valence-corrected chi connectivity index (χ3v) is 4.44. The average molecular weight is 240 g/mol. The summed E-state index contributed by atoms with van der Waals surface area (Å²) in [6, 6.07) is 0.784. The number of piperidine rings is 1. The van der Waals surface area contributed by atoms with Crippen molar-refractivity contribution in [1.29, 1.82) is 0 Å². The Morgan fingerprint density at radius 3 is 2.12 bits per heavy atom. The fraction of sp³-hybridized carbons (Fsp3) is 1.00. The highest BCUT2D eigenvalue weighted by atomic mass is 16.5. The molecule has 100 valence electrons. The highest BCUT2D eigenvalue weighted by Gasteiger charge is 2.34.